The predicted octanol–water partition coefficient (Wildman–Crippen LogP) is 4.60. The summed E-state index contributed by atoms with van der Waals surface area (Å²) < 4.78 is 18.5. The van der Waals surface area contributed by atoms with Crippen molar-refractivity contribution in [1.29, 1.82) is 0 Å². The zero-order chi connectivity index (χ0) is 24.0. The van der Waals surface area contributed by atoms with Crippen molar-refractivity contribution in [2.24, 2.45) is 14.1 Å². The SMILES string of the molecule is C=CC(=O)Nc1cc(-c2c(-c3cnn(C)c3)[nH]c3ncc(-c4cnn(C)c4)cc23)cc(F)c1C. The Labute approximate surface area is 194 Å². The summed E-state index contributed by atoms with van der Waals surface area (Å²) in [6, 6.07) is 5.24. The van der Waals surface area contributed by atoms with Crippen molar-refractivity contribution in [2.45, 2.75) is 6.92 Å². The smallest absolute Gasteiger partial charge is 0.247 e. The molecular weight excluding hydrogens is 433 g/mol. The van der Waals surface area contributed by atoms with E-state index in [9.17, 15) is 4.79 Å². The Balaban J connectivity index is 1.78. The second-order valence-electron chi connectivity index (χ2n) is 8.12. The van der Waals surface area contributed by atoms with Gasteiger partial charge in [-0.05, 0) is 36.8 Å². The number of aromatic amines is 1. The highest BCUT2D eigenvalue weighted by Crippen LogP contribution is 2.40. The minimum atomic E-state index is -0.431. The van der Waals surface area contributed by atoms with Gasteiger partial charge in [-0.25, -0.2) is 9.37 Å². The van der Waals surface area contributed by atoms with Gasteiger partial charge in [0.1, 0.15) is 11.5 Å². The van der Waals surface area contributed by atoms with Crippen LogP contribution in [-0.4, -0.2) is 35.4 Å². The topological polar surface area (TPSA) is 93.4 Å². The van der Waals surface area contributed by atoms with Gasteiger partial charge in [-0.2, -0.15) is 10.2 Å². The highest BCUT2D eigenvalue weighted by molar-refractivity contribution is 6.05. The third kappa shape index (κ3) is 3.66. The fraction of sp³-hybridized carbons (Fsp3) is 0.120. The van der Waals surface area contributed by atoms with E-state index in [1.807, 2.05) is 32.6 Å². The summed E-state index contributed by atoms with van der Waals surface area (Å²) >= 11 is 0. The van der Waals surface area contributed by atoms with Crippen LogP contribution >= 0.6 is 0 Å². The van der Waals surface area contributed by atoms with Crippen LogP contribution in [0.15, 0.2) is 61.8 Å². The molecule has 0 aliphatic rings. The highest BCUT2D eigenvalue weighted by atomic mass is 19.1. The Hall–Kier alpha value is -4.53. The lowest BCUT2D eigenvalue weighted by atomic mass is 9.97. The summed E-state index contributed by atoms with van der Waals surface area (Å²) in [5, 5.41) is 12.1. The number of rotatable bonds is 5. The maximum atomic E-state index is 15.0. The lowest BCUT2D eigenvalue weighted by molar-refractivity contribution is -0.111. The predicted molar refractivity (Wildman–Crippen MR) is 129 cm³/mol. The monoisotopic (exact) mass is 455 g/mol. The first-order chi connectivity index (χ1) is 16.3. The fourth-order valence-electron chi connectivity index (χ4n) is 4.00. The van der Waals surface area contributed by atoms with Gasteiger partial charge >= 0.3 is 0 Å². The summed E-state index contributed by atoms with van der Waals surface area (Å²) in [6.45, 7) is 5.11. The van der Waals surface area contributed by atoms with Crippen LogP contribution in [0.3, 0.4) is 0 Å². The van der Waals surface area contributed by atoms with Crippen molar-refractivity contribution in [2.75, 3.05) is 5.32 Å². The molecule has 1 amide bonds. The van der Waals surface area contributed by atoms with Crippen LogP contribution in [-0.2, 0) is 18.9 Å². The van der Waals surface area contributed by atoms with Gasteiger partial charge in [-0.15, -0.1) is 0 Å². The number of anilines is 1. The van der Waals surface area contributed by atoms with E-state index in [-0.39, 0.29) is 0 Å². The van der Waals surface area contributed by atoms with Gasteiger partial charge in [0.25, 0.3) is 0 Å². The van der Waals surface area contributed by atoms with E-state index in [4.69, 9.17) is 0 Å². The van der Waals surface area contributed by atoms with E-state index < -0.39 is 11.7 Å². The van der Waals surface area contributed by atoms with Gasteiger partial charge in [-0.1, -0.05) is 6.58 Å². The zero-order valence-corrected chi connectivity index (χ0v) is 18.9. The van der Waals surface area contributed by atoms with E-state index >= 15 is 4.39 Å². The maximum absolute atomic E-state index is 15.0. The van der Waals surface area contributed by atoms with Crippen LogP contribution in [0.25, 0.3) is 44.5 Å². The van der Waals surface area contributed by atoms with E-state index in [1.54, 1.807) is 40.9 Å². The van der Waals surface area contributed by atoms with Gasteiger partial charge in [0.05, 0.1) is 18.1 Å². The quantitative estimate of drug-likeness (QED) is 0.379. The van der Waals surface area contributed by atoms with Crippen LogP contribution in [0, 0.1) is 12.7 Å². The molecule has 0 fully saturated rings. The standard InChI is InChI=1S/C25H22FN7O/c1-5-22(34)30-21-8-15(7-20(26)14(21)2)23-19-6-16(17-10-28-32(3)12-17)9-27-25(19)31-24(23)18-11-29-33(4)13-18/h5-13H,1H2,2-4H3,(H,27,31)(H,30,34). The molecule has 1 aromatic carbocycles. The van der Waals surface area contributed by atoms with Crippen molar-refractivity contribution in [3.05, 3.63) is 73.2 Å². The third-order valence-corrected chi connectivity index (χ3v) is 5.76. The van der Waals surface area contributed by atoms with E-state index in [2.05, 4.69) is 32.1 Å². The zero-order valence-electron chi connectivity index (χ0n) is 18.9. The first-order valence-corrected chi connectivity index (χ1v) is 10.6. The molecule has 0 radical (unpaired) electrons. The molecule has 0 aliphatic carbocycles. The third-order valence-electron chi connectivity index (χ3n) is 5.76. The Morgan fingerprint density at radius 1 is 1.03 bits per heavy atom. The Bertz CT molecular complexity index is 1570. The summed E-state index contributed by atoms with van der Waals surface area (Å²) in [5.74, 6) is -0.841. The fourth-order valence-corrected chi connectivity index (χ4v) is 4.00. The molecule has 9 heteroatoms. The number of fused-ring (bicyclic) bond motifs is 1. The number of carbonyl (C=O) groups is 1. The summed E-state index contributed by atoms with van der Waals surface area (Å²) in [5.41, 5.74) is 6.11. The van der Waals surface area contributed by atoms with Crippen molar-refractivity contribution >= 4 is 22.6 Å². The maximum Gasteiger partial charge on any atom is 0.247 e. The average molecular weight is 455 g/mol. The molecule has 2 N–H and O–H groups in total. The van der Waals surface area contributed by atoms with E-state index in [0.717, 1.165) is 39.4 Å². The first-order valence-electron chi connectivity index (χ1n) is 10.6. The molecule has 0 unspecified atom stereocenters. The van der Waals surface area contributed by atoms with Crippen LogP contribution in [0.2, 0.25) is 0 Å². The summed E-state index contributed by atoms with van der Waals surface area (Å²) in [6.07, 6.45) is 10.2. The number of carbonyl (C=O) groups excluding carboxylic acids is 1. The van der Waals surface area contributed by atoms with Crippen molar-refractivity contribution < 1.29 is 9.18 Å². The van der Waals surface area contributed by atoms with Crippen LogP contribution < -0.4 is 5.32 Å². The van der Waals surface area contributed by atoms with E-state index in [0.29, 0.717) is 22.5 Å². The Kier molecular flexibility index (Phi) is 5.09. The molecule has 4 heterocycles. The number of nitrogens with one attached hydrogen (secondary N) is 2. The minimum Gasteiger partial charge on any atom is -0.339 e. The van der Waals surface area contributed by atoms with Gasteiger partial charge in [0.2, 0.25) is 5.91 Å². The highest BCUT2D eigenvalue weighted by Gasteiger charge is 2.20. The minimum absolute atomic E-state index is 0.343. The number of aromatic nitrogens is 6. The molecular formula is C25H22FN7O. The molecule has 34 heavy (non-hydrogen) atoms. The molecule has 0 saturated heterocycles. The van der Waals surface area contributed by atoms with Gasteiger partial charge in [0.15, 0.2) is 0 Å². The first kappa shape index (κ1) is 21.3. The number of H-pyrrole nitrogens is 1. The molecule has 0 aliphatic heterocycles. The van der Waals surface area contributed by atoms with Crippen molar-refractivity contribution in [1.82, 2.24) is 29.5 Å². The van der Waals surface area contributed by atoms with E-state index in [1.165, 1.54) is 6.07 Å². The number of aryl methyl sites for hydroxylation is 2. The average Bonchev–Trinajstić information content (AvgIpc) is 3.54. The summed E-state index contributed by atoms with van der Waals surface area (Å²) in [7, 11) is 3.69. The lowest BCUT2D eigenvalue weighted by Crippen LogP contribution is -2.09. The second kappa shape index (κ2) is 8.11. The van der Waals surface area contributed by atoms with Crippen LogP contribution in [0.5, 0.6) is 0 Å². The number of hydrogen-bond donors (Lipinski definition) is 2. The number of halogens is 1. The number of hydrogen-bond acceptors (Lipinski definition) is 4. The molecule has 4 aromatic heterocycles. The number of nitrogens with zero attached hydrogens (tertiary/aromatic N) is 5. The summed E-state index contributed by atoms with van der Waals surface area (Å²) in [4.78, 5) is 20.0. The molecule has 0 atom stereocenters. The molecule has 5 aromatic rings. The second-order valence-corrected chi connectivity index (χ2v) is 8.12. The van der Waals surface area contributed by atoms with Crippen LogP contribution in [0.1, 0.15) is 5.56 Å². The van der Waals surface area contributed by atoms with Gasteiger partial charge < -0.3 is 10.3 Å². The largest absolute Gasteiger partial charge is 0.339 e. The molecule has 170 valence electrons. The Morgan fingerprint density at radius 2 is 1.74 bits per heavy atom. The number of pyridine rings is 1. The number of amides is 1. The number of benzene rings is 1. The van der Waals surface area contributed by atoms with Gasteiger partial charge in [0, 0.05) is 71.6 Å². The Morgan fingerprint density at radius 3 is 2.38 bits per heavy atom. The normalized spacial score (nSPS) is 11.2. The molecule has 5 rings (SSSR count). The van der Waals surface area contributed by atoms with Crippen molar-refractivity contribution in [3.8, 4) is 33.5 Å². The van der Waals surface area contributed by atoms with Crippen molar-refractivity contribution in [3.63, 3.8) is 0 Å². The van der Waals surface area contributed by atoms with Gasteiger partial charge in [-0.3, -0.25) is 14.2 Å². The molecule has 0 spiro atoms. The lowest BCUT2D eigenvalue weighted by Gasteiger charge is -2.12. The molecule has 0 saturated carbocycles. The molecule has 8 nitrogen and oxygen atoms in total. The van der Waals surface area contributed by atoms with Crippen LogP contribution in [0.4, 0.5) is 10.1 Å². The molecule has 0 bridgehead atoms.